The summed E-state index contributed by atoms with van der Waals surface area (Å²) in [5, 5.41) is 11.9. The molecular formula is C16H22N4OS2. The molecule has 2 aromatic rings. The Kier molecular flexibility index (Phi) is 6.85. The summed E-state index contributed by atoms with van der Waals surface area (Å²) >= 11 is 2.95. The van der Waals surface area contributed by atoms with Crippen LogP contribution in [0.1, 0.15) is 31.6 Å². The van der Waals surface area contributed by atoms with Crippen molar-refractivity contribution in [3.63, 3.8) is 0 Å². The van der Waals surface area contributed by atoms with Crippen molar-refractivity contribution in [2.75, 3.05) is 25.0 Å². The zero-order chi connectivity index (χ0) is 16.7. The Hall–Kier alpha value is -1.60. The van der Waals surface area contributed by atoms with Crippen molar-refractivity contribution in [3.8, 4) is 0 Å². The maximum atomic E-state index is 12.9. The molecule has 0 radical (unpaired) electrons. The molecule has 23 heavy (non-hydrogen) atoms. The van der Waals surface area contributed by atoms with Crippen molar-refractivity contribution in [1.82, 2.24) is 15.1 Å². The van der Waals surface area contributed by atoms with Gasteiger partial charge in [0.2, 0.25) is 11.0 Å². The highest BCUT2D eigenvalue weighted by molar-refractivity contribution is 8.01. The summed E-state index contributed by atoms with van der Waals surface area (Å²) in [6.45, 7) is 8.24. The number of likely N-dealkylation sites (N-methyl/N-ethyl adjacent to an activating group) is 1. The van der Waals surface area contributed by atoms with Gasteiger partial charge in [-0.1, -0.05) is 53.4 Å². The van der Waals surface area contributed by atoms with E-state index in [1.54, 1.807) is 0 Å². The second-order valence-electron chi connectivity index (χ2n) is 4.82. The number of carbonyl (C=O) groups excluding carboxylic acids is 1. The molecule has 0 saturated heterocycles. The predicted octanol–water partition coefficient (Wildman–Crippen LogP) is 3.67. The van der Waals surface area contributed by atoms with Crippen LogP contribution < -0.4 is 5.32 Å². The van der Waals surface area contributed by atoms with Crippen LogP contribution >= 0.6 is 23.1 Å². The molecule has 7 heteroatoms. The molecule has 1 atom stereocenters. The van der Waals surface area contributed by atoms with E-state index in [1.165, 1.54) is 23.1 Å². The number of amides is 1. The van der Waals surface area contributed by atoms with Gasteiger partial charge in [-0.3, -0.25) is 4.79 Å². The Balaban J connectivity index is 2.24. The molecule has 0 fully saturated rings. The number of nitrogens with one attached hydrogen (secondary N) is 1. The number of rotatable bonds is 8. The van der Waals surface area contributed by atoms with Gasteiger partial charge >= 0.3 is 0 Å². The Bertz CT molecular complexity index is 614. The summed E-state index contributed by atoms with van der Waals surface area (Å²) in [5.41, 5.74) is 0.995. The second kappa shape index (κ2) is 8.88. The summed E-state index contributed by atoms with van der Waals surface area (Å²) in [6.07, 6.45) is 0. The summed E-state index contributed by atoms with van der Waals surface area (Å²) < 4.78 is 0.801. The zero-order valence-electron chi connectivity index (χ0n) is 13.7. The molecule has 1 heterocycles. The fourth-order valence-electron chi connectivity index (χ4n) is 2.17. The van der Waals surface area contributed by atoms with E-state index in [-0.39, 0.29) is 11.2 Å². The molecule has 2 rings (SSSR count). The molecule has 1 N–H and O–H groups in total. The van der Waals surface area contributed by atoms with Gasteiger partial charge < -0.3 is 10.2 Å². The lowest BCUT2D eigenvalue weighted by Gasteiger charge is -2.24. The Labute approximate surface area is 145 Å². The number of benzene rings is 1. The van der Waals surface area contributed by atoms with Gasteiger partial charge in [-0.05, 0) is 26.3 Å². The maximum Gasteiger partial charge on any atom is 0.240 e. The second-order valence-corrected chi connectivity index (χ2v) is 7.15. The lowest BCUT2D eigenvalue weighted by Crippen LogP contribution is -2.33. The number of anilines is 1. The fourth-order valence-corrected chi connectivity index (χ4v) is 4.27. The Morgan fingerprint density at radius 1 is 1.22 bits per heavy atom. The first-order chi connectivity index (χ1) is 11.2. The van der Waals surface area contributed by atoms with E-state index in [9.17, 15) is 4.79 Å². The van der Waals surface area contributed by atoms with E-state index < -0.39 is 0 Å². The van der Waals surface area contributed by atoms with Crippen molar-refractivity contribution in [3.05, 3.63) is 35.9 Å². The fraction of sp³-hybridized carbons (Fsp3) is 0.438. The van der Waals surface area contributed by atoms with Crippen molar-refractivity contribution in [2.45, 2.75) is 30.4 Å². The average molecular weight is 351 g/mol. The minimum Gasteiger partial charge on any atom is -0.360 e. The molecule has 0 spiro atoms. The van der Waals surface area contributed by atoms with Crippen molar-refractivity contribution in [1.29, 1.82) is 0 Å². The molecule has 1 amide bonds. The molecular weight excluding hydrogens is 328 g/mol. The van der Waals surface area contributed by atoms with E-state index >= 15 is 0 Å². The topological polar surface area (TPSA) is 58.1 Å². The highest BCUT2D eigenvalue weighted by Crippen LogP contribution is 2.38. The molecule has 1 aromatic heterocycles. The van der Waals surface area contributed by atoms with Crippen LogP contribution in [-0.2, 0) is 4.79 Å². The Morgan fingerprint density at radius 2 is 1.91 bits per heavy atom. The van der Waals surface area contributed by atoms with Gasteiger partial charge in [-0.2, -0.15) is 0 Å². The summed E-state index contributed by atoms with van der Waals surface area (Å²) in [5.74, 6) is 0.117. The first kappa shape index (κ1) is 17.7. The summed E-state index contributed by atoms with van der Waals surface area (Å²) in [7, 11) is 0. The molecule has 0 aliphatic rings. The van der Waals surface area contributed by atoms with Gasteiger partial charge in [0.15, 0.2) is 4.34 Å². The predicted molar refractivity (Wildman–Crippen MR) is 97.0 cm³/mol. The van der Waals surface area contributed by atoms with Crippen LogP contribution in [0.15, 0.2) is 34.7 Å². The highest BCUT2D eigenvalue weighted by atomic mass is 32.2. The third-order valence-corrected chi connectivity index (χ3v) is 5.56. The molecule has 5 nitrogen and oxygen atoms in total. The van der Waals surface area contributed by atoms with Crippen LogP contribution in [0.2, 0.25) is 0 Å². The van der Waals surface area contributed by atoms with Crippen molar-refractivity contribution in [2.24, 2.45) is 0 Å². The normalized spacial score (nSPS) is 12.0. The lowest BCUT2D eigenvalue weighted by molar-refractivity contribution is -0.130. The molecule has 0 saturated carbocycles. The third kappa shape index (κ3) is 4.68. The van der Waals surface area contributed by atoms with Gasteiger partial charge in [0.1, 0.15) is 5.25 Å². The number of nitrogens with zero attached hydrogens (tertiary/aromatic N) is 3. The van der Waals surface area contributed by atoms with E-state index in [2.05, 4.69) is 15.5 Å². The molecule has 124 valence electrons. The number of hydrogen-bond acceptors (Lipinski definition) is 6. The van der Waals surface area contributed by atoms with Gasteiger partial charge in [0, 0.05) is 19.6 Å². The van der Waals surface area contributed by atoms with Crippen molar-refractivity contribution < 1.29 is 4.79 Å². The van der Waals surface area contributed by atoms with Gasteiger partial charge in [0.05, 0.1) is 0 Å². The SMILES string of the molecule is CCNc1nnc(SC(C(=O)N(CC)CC)c2ccccc2)s1. The van der Waals surface area contributed by atoms with E-state index in [0.29, 0.717) is 13.1 Å². The van der Waals surface area contributed by atoms with Crippen LogP contribution in [0.25, 0.3) is 0 Å². The molecule has 1 aromatic carbocycles. The van der Waals surface area contributed by atoms with E-state index in [4.69, 9.17) is 0 Å². The van der Waals surface area contributed by atoms with Crippen LogP contribution in [0, 0.1) is 0 Å². The van der Waals surface area contributed by atoms with Gasteiger partial charge in [-0.15, -0.1) is 10.2 Å². The first-order valence-corrected chi connectivity index (χ1v) is 9.46. The molecule has 0 bridgehead atoms. The zero-order valence-corrected chi connectivity index (χ0v) is 15.3. The standard InChI is InChI=1S/C16H22N4OS2/c1-4-17-15-18-19-16(23-15)22-13(12-10-8-7-9-11-12)14(21)20(5-2)6-3/h7-11,13H,4-6H2,1-3H3,(H,17,18). The monoisotopic (exact) mass is 350 g/mol. The smallest absolute Gasteiger partial charge is 0.240 e. The van der Waals surface area contributed by atoms with Crippen LogP contribution in [0.4, 0.5) is 5.13 Å². The minimum absolute atomic E-state index is 0.117. The average Bonchev–Trinajstić information content (AvgIpc) is 3.02. The number of aromatic nitrogens is 2. The first-order valence-electron chi connectivity index (χ1n) is 7.77. The van der Waals surface area contributed by atoms with E-state index in [1.807, 2.05) is 56.0 Å². The van der Waals surface area contributed by atoms with Crippen molar-refractivity contribution >= 4 is 34.1 Å². The molecule has 0 aliphatic heterocycles. The van der Waals surface area contributed by atoms with Gasteiger partial charge in [0.25, 0.3) is 0 Å². The van der Waals surface area contributed by atoms with E-state index in [0.717, 1.165) is 21.6 Å². The Morgan fingerprint density at radius 3 is 2.52 bits per heavy atom. The maximum absolute atomic E-state index is 12.9. The van der Waals surface area contributed by atoms with Crippen LogP contribution in [-0.4, -0.2) is 40.6 Å². The summed E-state index contributed by atoms with van der Waals surface area (Å²) in [6, 6.07) is 9.86. The van der Waals surface area contributed by atoms with Gasteiger partial charge in [-0.25, -0.2) is 0 Å². The minimum atomic E-state index is -0.293. The van der Waals surface area contributed by atoms with Crippen LogP contribution in [0.5, 0.6) is 0 Å². The quantitative estimate of drug-likeness (QED) is 0.736. The third-order valence-electron chi connectivity index (χ3n) is 3.35. The number of thioether (sulfide) groups is 1. The number of hydrogen-bond donors (Lipinski definition) is 1. The highest BCUT2D eigenvalue weighted by Gasteiger charge is 2.27. The summed E-state index contributed by atoms with van der Waals surface area (Å²) in [4.78, 5) is 14.7. The van der Waals surface area contributed by atoms with Crippen LogP contribution in [0.3, 0.4) is 0 Å². The lowest BCUT2D eigenvalue weighted by atomic mass is 10.1. The molecule has 0 aliphatic carbocycles. The number of carbonyl (C=O) groups is 1. The molecule has 1 unspecified atom stereocenters. The largest absolute Gasteiger partial charge is 0.360 e.